The first kappa shape index (κ1) is 10.6. The predicted octanol–water partition coefficient (Wildman–Crippen LogP) is 1.63. The Kier molecular flexibility index (Phi) is 3.16. The maximum atomic E-state index is 9.17. The molecule has 0 aliphatic carbocycles. The Morgan fingerprint density at radius 3 is 2.75 bits per heavy atom. The number of aromatic hydroxyl groups is 1. The third-order valence-electron chi connectivity index (χ3n) is 2.37. The molecule has 1 unspecified atom stereocenters. The summed E-state index contributed by atoms with van der Waals surface area (Å²) in [5.74, 6) is 0.903. The summed E-state index contributed by atoms with van der Waals surface area (Å²) >= 11 is 0. The molecule has 1 aromatic heterocycles. The maximum absolute atomic E-state index is 9.17. The van der Waals surface area contributed by atoms with Crippen molar-refractivity contribution in [2.24, 2.45) is 0 Å². The van der Waals surface area contributed by atoms with Gasteiger partial charge in [-0.1, -0.05) is 17.3 Å². The molecule has 0 fully saturated rings. The van der Waals surface area contributed by atoms with E-state index >= 15 is 0 Å². The van der Waals surface area contributed by atoms with Gasteiger partial charge in [-0.15, -0.1) is 0 Å². The van der Waals surface area contributed by atoms with Gasteiger partial charge in [-0.2, -0.15) is 4.98 Å². The van der Waals surface area contributed by atoms with Crippen LogP contribution in [0.2, 0.25) is 0 Å². The second-order valence-electron chi connectivity index (χ2n) is 3.54. The van der Waals surface area contributed by atoms with Crippen LogP contribution in [0.1, 0.15) is 24.4 Å². The van der Waals surface area contributed by atoms with Crippen LogP contribution in [0.5, 0.6) is 5.75 Å². The van der Waals surface area contributed by atoms with E-state index in [0.717, 1.165) is 5.56 Å². The first-order chi connectivity index (χ1) is 7.75. The molecule has 2 aromatic rings. The summed E-state index contributed by atoms with van der Waals surface area (Å²) in [7, 11) is 0. The summed E-state index contributed by atoms with van der Waals surface area (Å²) in [5, 5.41) is 16.1. The van der Waals surface area contributed by atoms with E-state index in [-0.39, 0.29) is 11.8 Å². The van der Waals surface area contributed by atoms with Crippen molar-refractivity contribution in [2.75, 3.05) is 0 Å². The fraction of sp³-hybridized carbons (Fsp3) is 0.273. The van der Waals surface area contributed by atoms with Crippen LogP contribution in [0.3, 0.4) is 0 Å². The van der Waals surface area contributed by atoms with Crippen LogP contribution in [0.25, 0.3) is 0 Å². The summed E-state index contributed by atoms with van der Waals surface area (Å²) in [6.45, 7) is 2.59. The Bertz CT molecular complexity index is 425. The maximum Gasteiger partial charge on any atom is 0.213 e. The highest BCUT2D eigenvalue weighted by molar-refractivity contribution is 5.27. The van der Waals surface area contributed by atoms with Crippen molar-refractivity contribution in [1.29, 1.82) is 0 Å². The standard InChI is InChI=1S/C11H13N3O2/c1-8(9-2-4-10(15)5-3-9)12-6-11-13-7-16-14-11/h2-5,7-8,12,15H,6H2,1H3. The topological polar surface area (TPSA) is 71.2 Å². The zero-order chi connectivity index (χ0) is 11.4. The lowest BCUT2D eigenvalue weighted by atomic mass is 10.1. The van der Waals surface area contributed by atoms with Crippen molar-refractivity contribution < 1.29 is 9.63 Å². The van der Waals surface area contributed by atoms with Crippen LogP contribution in [0.15, 0.2) is 35.2 Å². The van der Waals surface area contributed by atoms with Crippen LogP contribution >= 0.6 is 0 Å². The highest BCUT2D eigenvalue weighted by atomic mass is 16.5. The average molecular weight is 219 g/mol. The van der Waals surface area contributed by atoms with Crippen molar-refractivity contribution in [3.63, 3.8) is 0 Å². The Hall–Kier alpha value is -1.88. The first-order valence-electron chi connectivity index (χ1n) is 5.03. The van der Waals surface area contributed by atoms with E-state index in [1.54, 1.807) is 12.1 Å². The summed E-state index contributed by atoms with van der Waals surface area (Å²) in [4.78, 5) is 3.92. The fourth-order valence-electron chi connectivity index (χ4n) is 1.40. The molecule has 2 rings (SSSR count). The number of hydrogen-bond acceptors (Lipinski definition) is 5. The van der Waals surface area contributed by atoms with Crippen molar-refractivity contribution in [3.05, 3.63) is 42.0 Å². The number of rotatable bonds is 4. The predicted molar refractivity (Wildman–Crippen MR) is 57.7 cm³/mol. The van der Waals surface area contributed by atoms with Gasteiger partial charge in [0.15, 0.2) is 5.82 Å². The summed E-state index contributed by atoms with van der Waals surface area (Å²) < 4.78 is 4.63. The summed E-state index contributed by atoms with van der Waals surface area (Å²) in [5.41, 5.74) is 1.10. The van der Waals surface area contributed by atoms with E-state index in [1.807, 2.05) is 19.1 Å². The molecule has 0 aliphatic rings. The van der Waals surface area contributed by atoms with Crippen molar-refractivity contribution in [3.8, 4) is 5.75 Å². The molecule has 1 atom stereocenters. The molecule has 0 bridgehead atoms. The van der Waals surface area contributed by atoms with Gasteiger partial charge in [-0.25, -0.2) is 0 Å². The molecule has 2 N–H and O–H groups in total. The number of phenolic OH excluding ortho intramolecular Hbond substituents is 1. The minimum atomic E-state index is 0.166. The van der Waals surface area contributed by atoms with Gasteiger partial charge in [0.05, 0.1) is 6.54 Å². The van der Waals surface area contributed by atoms with Gasteiger partial charge in [0, 0.05) is 6.04 Å². The Morgan fingerprint density at radius 1 is 1.38 bits per heavy atom. The van der Waals surface area contributed by atoms with Gasteiger partial charge < -0.3 is 14.9 Å². The Morgan fingerprint density at radius 2 is 2.12 bits per heavy atom. The molecular weight excluding hydrogens is 206 g/mol. The minimum Gasteiger partial charge on any atom is -0.508 e. The molecule has 0 saturated heterocycles. The zero-order valence-electron chi connectivity index (χ0n) is 8.92. The highest BCUT2D eigenvalue weighted by Crippen LogP contribution is 2.16. The molecule has 16 heavy (non-hydrogen) atoms. The molecule has 0 radical (unpaired) electrons. The lowest BCUT2D eigenvalue weighted by Crippen LogP contribution is -2.18. The highest BCUT2D eigenvalue weighted by Gasteiger charge is 2.06. The van der Waals surface area contributed by atoms with E-state index < -0.39 is 0 Å². The lowest BCUT2D eigenvalue weighted by molar-refractivity contribution is 0.405. The number of nitrogens with zero attached hydrogens (tertiary/aromatic N) is 2. The zero-order valence-corrected chi connectivity index (χ0v) is 8.92. The van der Waals surface area contributed by atoms with Crippen molar-refractivity contribution in [2.45, 2.75) is 19.5 Å². The van der Waals surface area contributed by atoms with Crippen LogP contribution in [-0.2, 0) is 6.54 Å². The van der Waals surface area contributed by atoms with Crippen LogP contribution in [0, 0.1) is 0 Å². The minimum absolute atomic E-state index is 0.166. The SMILES string of the molecule is CC(NCc1ncon1)c1ccc(O)cc1. The molecule has 0 saturated carbocycles. The molecule has 1 aromatic carbocycles. The van der Waals surface area contributed by atoms with Crippen LogP contribution in [-0.4, -0.2) is 15.2 Å². The monoisotopic (exact) mass is 219 g/mol. The third kappa shape index (κ3) is 2.58. The summed E-state index contributed by atoms with van der Waals surface area (Å²) in [6.07, 6.45) is 1.31. The number of aromatic nitrogens is 2. The number of benzene rings is 1. The lowest BCUT2D eigenvalue weighted by Gasteiger charge is -2.12. The first-order valence-corrected chi connectivity index (χ1v) is 5.03. The van der Waals surface area contributed by atoms with Gasteiger partial charge in [-0.3, -0.25) is 0 Å². The van der Waals surface area contributed by atoms with Gasteiger partial charge in [0.1, 0.15) is 5.75 Å². The Balaban J connectivity index is 1.93. The number of nitrogens with one attached hydrogen (secondary N) is 1. The largest absolute Gasteiger partial charge is 0.508 e. The quantitative estimate of drug-likeness (QED) is 0.817. The van der Waals surface area contributed by atoms with E-state index in [2.05, 4.69) is 20.0 Å². The van der Waals surface area contributed by atoms with Crippen molar-refractivity contribution in [1.82, 2.24) is 15.5 Å². The van der Waals surface area contributed by atoms with Gasteiger partial charge in [0.2, 0.25) is 6.39 Å². The van der Waals surface area contributed by atoms with Crippen LogP contribution in [0.4, 0.5) is 0 Å². The van der Waals surface area contributed by atoms with Gasteiger partial charge in [0.25, 0.3) is 0 Å². The van der Waals surface area contributed by atoms with E-state index in [0.29, 0.717) is 12.4 Å². The molecular formula is C11H13N3O2. The molecule has 1 heterocycles. The fourth-order valence-corrected chi connectivity index (χ4v) is 1.40. The normalized spacial score (nSPS) is 12.6. The van der Waals surface area contributed by atoms with E-state index in [4.69, 9.17) is 5.11 Å². The molecule has 0 spiro atoms. The van der Waals surface area contributed by atoms with Gasteiger partial charge >= 0.3 is 0 Å². The third-order valence-corrected chi connectivity index (χ3v) is 2.37. The Labute approximate surface area is 93.1 Å². The molecule has 84 valence electrons. The number of phenols is 1. The molecule has 0 amide bonds. The number of hydrogen-bond donors (Lipinski definition) is 2. The molecule has 5 heteroatoms. The van der Waals surface area contributed by atoms with Crippen LogP contribution < -0.4 is 5.32 Å². The van der Waals surface area contributed by atoms with Gasteiger partial charge in [-0.05, 0) is 24.6 Å². The van der Waals surface area contributed by atoms with E-state index in [9.17, 15) is 0 Å². The average Bonchev–Trinajstić information content (AvgIpc) is 2.80. The smallest absolute Gasteiger partial charge is 0.213 e. The van der Waals surface area contributed by atoms with E-state index in [1.165, 1.54) is 6.39 Å². The second-order valence-corrected chi connectivity index (χ2v) is 3.54. The second kappa shape index (κ2) is 4.76. The molecule has 5 nitrogen and oxygen atoms in total. The van der Waals surface area contributed by atoms with Crippen molar-refractivity contribution >= 4 is 0 Å². The molecule has 0 aliphatic heterocycles. The summed E-state index contributed by atoms with van der Waals surface area (Å²) in [6, 6.07) is 7.26.